The first-order chi connectivity index (χ1) is 8.58. The van der Waals surface area contributed by atoms with E-state index in [4.69, 9.17) is 4.74 Å². The zero-order valence-electron chi connectivity index (χ0n) is 12.0. The van der Waals surface area contributed by atoms with Gasteiger partial charge in [0.25, 0.3) is 0 Å². The van der Waals surface area contributed by atoms with Crippen LogP contribution in [-0.2, 0) is 11.2 Å². The molecule has 0 amide bonds. The van der Waals surface area contributed by atoms with Crippen LogP contribution in [0.25, 0.3) is 0 Å². The van der Waals surface area contributed by atoms with E-state index in [0.29, 0.717) is 18.6 Å². The average Bonchev–Trinajstić information content (AvgIpc) is 2.29. The highest BCUT2D eigenvalue weighted by molar-refractivity contribution is 5.81. The summed E-state index contributed by atoms with van der Waals surface area (Å²) in [6, 6.07) is 4.12. The van der Waals surface area contributed by atoms with Crippen molar-refractivity contribution in [2.45, 2.75) is 52.9 Å². The van der Waals surface area contributed by atoms with Crippen LogP contribution in [0.1, 0.15) is 49.3 Å². The fourth-order valence-corrected chi connectivity index (χ4v) is 2.35. The molecule has 1 aromatic rings. The fourth-order valence-electron chi connectivity index (χ4n) is 2.35. The van der Waals surface area contributed by atoms with E-state index in [9.17, 15) is 4.79 Å². The monoisotopic (exact) mass is 248 g/mol. The summed E-state index contributed by atoms with van der Waals surface area (Å²) in [6.07, 6.45) is 4.58. The van der Waals surface area contributed by atoms with Gasteiger partial charge in [-0.25, -0.2) is 0 Å². The lowest BCUT2D eigenvalue weighted by Gasteiger charge is -2.11. The lowest BCUT2D eigenvalue weighted by Crippen LogP contribution is -2.04. The zero-order valence-corrected chi connectivity index (χ0v) is 12.0. The summed E-state index contributed by atoms with van der Waals surface area (Å²) in [5, 5.41) is 0. The van der Waals surface area contributed by atoms with Gasteiger partial charge in [0, 0.05) is 12.8 Å². The van der Waals surface area contributed by atoms with Crippen LogP contribution in [0.15, 0.2) is 12.1 Å². The second-order valence-corrected chi connectivity index (χ2v) is 4.94. The van der Waals surface area contributed by atoms with Crippen molar-refractivity contribution in [3.05, 3.63) is 28.8 Å². The number of benzene rings is 1. The lowest BCUT2D eigenvalue weighted by atomic mass is 10.00. The van der Waals surface area contributed by atoms with Crippen LogP contribution in [0.5, 0.6) is 5.75 Å². The lowest BCUT2D eigenvalue weighted by molar-refractivity contribution is -0.118. The molecule has 100 valence electrons. The Kier molecular flexibility index (Phi) is 5.90. The highest BCUT2D eigenvalue weighted by Gasteiger charge is 2.08. The van der Waals surface area contributed by atoms with E-state index in [-0.39, 0.29) is 0 Å². The maximum Gasteiger partial charge on any atom is 0.137 e. The minimum absolute atomic E-state index is 0.340. The first kappa shape index (κ1) is 14.7. The number of methoxy groups -OCH3 is 1. The van der Waals surface area contributed by atoms with E-state index >= 15 is 0 Å². The molecule has 0 radical (unpaired) electrons. The summed E-state index contributed by atoms with van der Waals surface area (Å²) in [7, 11) is 1.69. The standard InChI is InChI=1S/C16H24O2/c1-5-6-7-8-15(17)11-14-9-12(2)16(18-4)13(3)10-14/h9-10H,5-8,11H2,1-4H3. The maximum absolute atomic E-state index is 11.8. The molecule has 18 heavy (non-hydrogen) atoms. The van der Waals surface area contributed by atoms with E-state index in [1.54, 1.807) is 7.11 Å². The van der Waals surface area contributed by atoms with Gasteiger partial charge in [-0.1, -0.05) is 31.9 Å². The maximum atomic E-state index is 11.8. The number of carbonyl (C=O) groups is 1. The zero-order chi connectivity index (χ0) is 13.5. The molecule has 0 fully saturated rings. The van der Waals surface area contributed by atoms with Crippen molar-refractivity contribution in [2.24, 2.45) is 0 Å². The van der Waals surface area contributed by atoms with Crippen molar-refractivity contribution in [3.63, 3.8) is 0 Å². The minimum atomic E-state index is 0.340. The van der Waals surface area contributed by atoms with Crippen LogP contribution in [0, 0.1) is 13.8 Å². The Morgan fingerprint density at radius 2 is 1.78 bits per heavy atom. The number of carbonyl (C=O) groups excluding carboxylic acids is 1. The number of ketones is 1. The molecule has 0 aliphatic rings. The van der Waals surface area contributed by atoms with E-state index in [0.717, 1.165) is 41.7 Å². The molecule has 0 N–H and O–H groups in total. The summed E-state index contributed by atoms with van der Waals surface area (Å²) in [5.74, 6) is 1.27. The second-order valence-electron chi connectivity index (χ2n) is 4.94. The van der Waals surface area contributed by atoms with Crippen LogP contribution in [0.4, 0.5) is 0 Å². The van der Waals surface area contributed by atoms with Crippen molar-refractivity contribution < 1.29 is 9.53 Å². The molecule has 2 heteroatoms. The van der Waals surface area contributed by atoms with Crippen molar-refractivity contribution in [1.29, 1.82) is 0 Å². The predicted molar refractivity (Wildman–Crippen MR) is 75.3 cm³/mol. The molecule has 0 spiro atoms. The summed E-state index contributed by atoms with van der Waals surface area (Å²) >= 11 is 0. The molecule has 0 atom stereocenters. The summed E-state index contributed by atoms with van der Waals surface area (Å²) in [4.78, 5) is 11.8. The molecule has 0 heterocycles. The van der Waals surface area contributed by atoms with Gasteiger partial charge >= 0.3 is 0 Å². The van der Waals surface area contributed by atoms with Gasteiger partial charge in [0.1, 0.15) is 11.5 Å². The molecule has 1 aromatic carbocycles. The molecule has 0 saturated carbocycles. The number of Topliss-reactive ketones (excluding diaryl/α,β-unsaturated/α-hetero) is 1. The Morgan fingerprint density at radius 3 is 2.28 bits per heavy atom. The summed E-state index contributed by atoms with van der Waals surface area (Å²) < 4.78 is 5.33. The second kappa shape index (κ2) is 7.20. The third-order valence-corrected chi connectivity index (χ3v) is 3.18. The normalized spacial score (nSPS) is 10.4. The van der Waals surface area contributed by atoms with E-state index in [2.05, 4.69) is 19.1 Å². The molecule has 0 saturated heterocycles. The van der Waals surface area contributed by atoms with E-state index < -0.39 is 0 Å². The molecule has 0 aliphatic heterocycles. The van der Waals surface area contributed by atoms with Crippen molar-refractivity contribution >= 4 is 5.78 Å². The van der Waals surface area contributed by atoms with E-state index in [1.807, 2.05) is 13.8 Å². The number of rotatable bonds is 7. The van der Waals surface area contributed by atoms with Gasteiger partial charge in [0.05, 0.1) is 7.11 Å². The third-order valence-electron chi connectivity index (χ3n) is 3.18. The highest BCUT2D eigenvalue weighted by Crippen LogP contribution is 2.24. The Morgan fingerprint density at radius 1 is 1.17 bits per heavy atom. The summed E-state index contributed by atoms with van der Waals surface area (Å²) in [6.45, 7) is 6.20. The topological polar surface area (TPSA) is 26.3 Å². The third kappa shape index (κ3) is 4.17. The van der Waals surface area contributed by atoms with Gasteiger partial charge in [-0.2, -0.15) is 0 Å². The van der Waals surface area contributed by atoms with Crippen LogP contribution >= 0.6 is 0 Å². The smallest absolute Gasteiger partial charge is 0.137 e. The van der Waals surface area contributed by atoms with Crippen LogP contribution in [0.3, 0.4) is 0 Å². The minimum Gasteiger partial charge on any atom is -0.496 e. The number of aryl methyl sites for hydroxylation is 2. The van der Waals surface area contributed by atoms with Crippen molar-refractivity contribution in [1.82, 2.24) is 0 Å². The Balaban J connectivity index is 2.65. The molecule has 0 bridgehead atoms. The molecule has 0 aromatic heterocycles. The Labute approximate surface area is 110 Å². The number of ether oxygens (including phenoxy) is 1. The molecular weight excluding hydrogens is 224 g/mol. The predicted octanol–water partition coefficient (Wildman–Crippen LogP) is 4.00. The quantitative estimate of drug-likeness (QED) is 0.682. The number of hydrogen-bond acceptors (Lipinski definition) is 2. The van der Waals surface area contributed by atoms with Gasteiger partial charge < -0.3 is 4.74 Å². The van der Waals surface area contributed by atoms with Gasteiger partial charge in [0.2, 0.25) is 0 Å². The van der Waals surface area contributed by atoms with E-state index in [1.165, 1.54) is 0 Å². The number of hydrogen-bond donors (Lipinski definition) is 0. The van der Waals surface area contributed by atoms with Gasteiger partial charge in [-0.3, -0.25) is 4.79 Å². The van der Waals surface area contributed by atoms with Gasteiger partial charge in [-0.15, -0.1) is 0 Å². The Bertz CT molecular complexity index is 385. The van der Waals surface area contributed by atoms with Gasteiger partial charge in [0.15, 0.2) is 0 Å². The van der Waals surface area contributed by atoms with Crippen LogP contribution < -0.4 is 4.74 Å². The van der Waals surface area contributed by atoms with Crippen molar-refractivity contribution in [2.75, 3.05) is 7.11 Å². The first-order valence-corrected chi connectivity index (χ1v) is 6.74. The summed E-state index contributed by atoms with van der Waals surface area (Å²) in [5.41, 5.74) is 3.31. The Hall–Kier alpha value is -1.31. The van der Waals surface area contributed by atoms with Crippen molar-refractivity contribution in [3.8, 4) is 5.75 Å². The fraction of sp³-hybridized carbons (Fsp3) is 0.562. The molecule has 1 rings (SSSR count). The molecular formula is C16H24O2. The molecule has 2 nitrogen and oxygen atoms in total. The average molecular weight is 248 g/mol. The largest absolute Gasteiger partial charge is 0.496 e. The van der Waals surface area contributed by atoms with Gasteiger partial charge in [-0.05, 0) is 37.0 Å². The first-order valence-electron chi connectivity index (χ1n) is 6.74. The molecule has 0 aliphatic carbocycles. The van der Waals surface area contributed by atoms with Crippen LogP contribution in [0.2, 0.25) is 0 Å². The molecule has 0 unspecified atom stereocenters. The SMILES string of the molecule is CCCCCC(=O)Cc1cc(C)c(OC)c(C)c1. The van der Waals surface area contributed by atoms with Crippen LogP contribution in [-0.4, -0.2) is 12.9 Å². The highest BCUT2D eigenvalue weighted by atomic mass is 16.5. The number of unbranched alkanes of at least 4 members (excludes halogenated alkanes) is 2.